The molecule has 0 aromatic heterocycles. The van der Waals surface area contributed by atoms with Crippen molar-refractivity contribution in [2.24, 2.45) is 17.8 Å². The van der Waals surface area contributed by atoms with Gasteiger partial charge in [-0.1, -0.05) is 25.1 Å². The molecule has 3 heterocycles. The number of anilines is 1. The van der Waals surface area contributed by atoms with Crippen LogP contribution in [0.2, 0.25) is 0 Å². The summed E-state index contributed by atoms with van der Waals surface area (Å²) in [5.74, 6) is -1.47. The summed E-state index contributed by atoms with van der Waals surface area (Å²) in [5, 5.41) is 2.87. The Morgan fingerprint density at radius 2 is 2.04 bits per heavy atom. The van der Waals surface area contributed by atoms with Gasteiger partial charge in [-0.15, -0.1) is 0 Å². The lowest BCUT2D eigenvalue weighted by molar-refractivity contribution is -0.152. The van der Waals surface area contributed by atoms with Crippen LogP contribution in [0.3, 0.4) is 0 Å². The fraction of sp³-hybridized carbons (Fsp3) is 0.526. The Morgan fingerprint density at radius 1 is 1.28 bits per heavy atom. The second-order valence-corrected chi connectivity index (χ2v) is 7.19. The molecule has 132 valence electrons. The van der Waals surface area contributed by atoms with Gasteiger partial charge in [0.2, 0.25) is 11.8 Å². The predicted octanol–water partition coefficient (Wildman–Crippen LogP) is 1.28. The van der Waals surface area contributed by atoms with Crippen LogP contribution >= 0.6 is 0 Å². The second-order valence-electron chi connectivity index (χ2n) is 7.19. The summed E-state index contributed by atoms with van der Waals surface area (Å²) in [5.41, 5.74) is 2.01. The maximum atomic E-state index is 13.1. The van der Waals surface area contributed by atoms with Crippen molar-refractivity contribution in [2.75, 3.05) is 11.5 Å². The number of para-hydroxylation sites is 1. The number of hydrogen-bond acceptors (Lipinski definition) is 4. The number of amides is 2. The summed E-state index contributed by atoms with van der Waals surface area (Å²) in [6.45, 7) is 3.97. The zero-order chi connectivity index (χ0) is 17.7. The smallest absolute Gasteiger partial charge is 0.309 e. The average molecular weight is 342 g/mol. The molecule has 0 spiro atoms. The highest BCUT2D eigenvalue weighted by atomic mass is 16.5. The molecule has 0 bridgehead atoms. The zero-order valence-electron chi connectivity index (χ0n) is 14.4. The first-order valence-corrected chi connectivity index (χ1v) is 8.90. The van der Waals surface area contributed by atoms with Crippen LogP contribution in [-0.2, 0) is 25.5 Å². The number of nitrogens with one attached hydrogen (secondary N) is 1. The molecule has 2 saturated heterocycles. The lowest BCUT2D eigenvalue weighted by Crippen LogP contribution is -2.45. The van der Waals surface area contributed by atoms with Crippen LogP contribution in [0.4, 0.5) is 5.69 Å². The first kappa shape index (κ1) is 16.1. The van der Waals surface area contributed by atoms with Gasteiger partial charge in [0.25, 0.3) is 0 Å². The summed E-state index contributed by atoms with van der Waals surface area (Å²) in [7, 11) is 0. The standard InChI is InChI=1S/C19H22N2O4/c1-3-25-19(24)15-10(2)8-14(22)20-17-16(15)13-9-11-6-4-5-7-12(11)21(13)18(17)23/h4-7,10,13,15-17H,3,8-9H2,1-2H3,(H,20,22)/t10-,13-,15-,16+,17+/m0/s1. The molecule has 0 radical (unpaired) electrons. The Labute approximate surface area is 146 Å². The van der Waals surface area contributed by atoms with Crippen molar-refractivity contribution >= 4 is 23.5 Å². The molecule has 0 saturated carbocycles. The first-order valence-electron chi connectivity index (χ1n) is 8.90. The van der Waals surface area contributed by atoms with Gasteiger partial charge in [0.15, 0.2) is 0 Å². The minimum Gasteiger partial charge on any atom is -0.466 e. The molecule has 3 aliphatic rings. The van der Waals surface area contributed by atoms with Crippen LogP contribution in [0.5, 0.6) is 0 Å². The maximum absolute atomic E-state index is 13.1. The van der Waals surface area contributed by atoms with Crippen molar-refractivity contribution in [1.29, 1.82) is 0 Å². The van der Waals surface area contributed by atoms with Gasteiger partial charge < -0.3 is 15.0 Å². The highest BCUT2D eigenvalue weighted by molar-refractivity contribution is 6.05. The number of nitrogens with zero attached hydrogens (tertiary/aromatic N) is 1. The Kier molecular flexibility index (Phi) is 3.78. The van der Waals surface area contributed by atoms with Crippen molar-refractivity contribution in [3.63, 3.8) is 0 Å². The van der Waals surface area contributed by atoms with Crippen molar-refractivity contribution in [2.45, 2.75) is 38.8 Å². The molecule has 1 N–H and O–H groups in total. The first-order chi connectivity index (χ1) is 12.0. The number of ether oxygens (including phenoxy) is 1. The molecule has 2 amide bonds. The summed E-state index contributed by atoms with van der Waals surface area (Å²) in [6, 6.07) is 7.07. The maximum Gasteiger partial charge on any atom is 0.309 e. The van der Waals surface area contributed by atoms with Gasteiger partial charge in [-0.3, -0.25) is 14.4 Å². The van der Waals surface area contributed by atoms with E-state index in [1.165, 1.54) is 0 Å². The predicted molar refractivity (Wildman–Crippen MR) is 90.7 cm³/mol. The Bertz CT molecular complexity index is 747. The van der Waals surface area contributed by atoms with E-state index >= 15 is 0 Å². The molecular formula is C19H22N2O4. The Balaban J connectivity index is 1.78. The SMILES string of the molecule is CCOC(=O)[C@@H]1[C@@H]2[C@@H](NC(=O)C[C@@H]1C)C(=O)N1c3ccccc3C[C@@H]21. The van der Waals surface area contributed by atoms with E-state index < -0.39 is 12.0 Å². The van der Waals surface area contributed by atoms with Crippen LogP contribution in [0.25, 0.3) is 0 Å². The van der Waals surface area contributed by atoms with E-state index in [1.807, 2.05) is 31.2 Å². The van der Waals surface area contributed by atoms with Crippen molar-refractivity contribution in [1.82, 2.24) is 5.32 Å². The highest BCUT2D eigenvalue weighted by Gasteiger charge is 2.58. The molecule has 4 rings (SSSR count). The van der Waals surface area contributed by atoms with Gasteiger partial charge in [0.05, 0.1) is 12.5 Å². The molecule has 1 aromatic rings. The largest absolute Gasteiger partial charge is 0.466 e. The molecule has 5 atom stereocenters. The van der Waals surface area contributed by atoms with Gasteiger partial charge in [-0.2, -0.15) is 0 Å². The van der Waals surface area contributed by atoms with Crippen LogP contribution < -0.4 is 10.2 Å². The fourth-order valence-corrected chi connectivity index (χ4v) is 4.80. The van der Waals surface area contributed by atoms with E-state index in [-0.39, 0.29) is 42.1 Å². The minimum absolute atomic E-state index is 0.106. The third-order valence-electron chi connectivity index (χ3n) is 5.75. The van der Waals surface area contributed by atoms with Crippen molar-refractivity contribution < 1.29 is 19.1 Å². The van der Waals surface area contributed by atoms with Gasteiger partial charge in [-0.05, 0) is 30.9 Å². The van der Waals surface area contributed by atoms with Crippen LogP contribution in [0, 0.1) is 17.8 Å². The average Bonchev–Trinajstić information content (AvgIpc) is 3.01. The Hall–Kier alpha value is -2.37. The van der Waals surface area contributed by atoms with Gasteiger partial charge in [0, 0.05) is 24.1 Å². The van der Waals surface area contributed by atoms with Crippen LogP contribution in [0.1, 0.15) is 25.8 Å². The van der Waals surface area contributed by atoms with E-state index in [2.05, 4.69) is 5.32 Å². The highest BCUT2D eigenvalue weighted by Crippen LogP contribution is 2.47. The van der Waals surface area contributed by atoms with E-state index in [0.717, 1.165) is 11.3 Å². The van der Waals surface area contributed by atoms with Crippen LogP contribution in [-0.4, -0.2) is 36.5 Å². The van der Waals surface area contributed by atoms with E-state index in [4.69, 9.17) is 4.74 Å². The summed E-state index contributed by atoms with van der Waals surface area (Å²) < 4.78 is 5.30. The third kappa shape index (κ3) is 2.34. The van der Waals surface area contributed by atoms with Gasteiger partial charge >= 0.3 is 5.97 Å². The molecule has 0 unspecified atom stereocenters. The third-order valence-corrected chi connectivity index (χ3v) is 5.75. The molecule has 6 heteroatoms. The number of carbonyl (C=O) groups is 3. The number of carbonyl (C=O) groups excluding carboxylic acids is 3. The molecular weight excluding hydrogens is 320 g/mol. The Morgan fingerprint density at radius 3 is 2.80 bits per heavy atom. The molecule has 2 fully saturated rings. The second kappa shape index (κ2) is 5.86. The van der Waals surface area contributed by atoms with Crippen LogP contribution in [0.15, 0.2) is 24.3 Å². The van der Waals surface area contributed by atoms with E-state index in [9.17, 15) is 14.4 Å². The van der Waals surface area contributed by atoms with E-state index in [0.29, 0.717) is 13.0 Å². The number of fused-ring (bicyclic) bond motifs is 5. The summed E-state index contributed by atoms with van der Waals surface area (Å²) in [4.78, 5) is 39.8. The topological polar surface area (TPSA) is 75.7 Å². The molecule has 1 aromatic carbocycles. The van der Waals surface area contributed by atoms with Gasteiger partial charge in [-0.25, -0.2) is 0 Å². The lowest BCUT2D eigenvalue weighted by atomic mass is 9.75. The molecule has 25 heavy (non-hydrogen) atoms. The van der Waals surface area contributed by atoms with Crippen molar-refractivity contribution in [3.8, 4) is 0 Å². The fourth-order valence-electron chi connectivity index (χ4n) is 4.80. The number of esters is 1. The molecule has 3 aliphatic heterocycles. The quantitative estimate of drug-likeness (QED) is 0.822. The monoisotopic (exact) mass is 342 g/mol. The number of rotatable bonds is 2. The molecule has 0 aliphatic carbocycles. The van der Waals surface area contributed by atoms with Gasteiger partial charge in [0.1, 0.15) is 6.04 Å². The minimum atomic E-state index is -0.648. The lowest BCUT2D eigenvalue weighted by Gasteiger charge is -2.30. The normalized spacial score (nSPS) is 33.2. The van der Waals surface area contributed by atoms with Crippen molar-refractivity contribution in [3.05, 3.63) is 29.8 Å². The van der Waals surface area contributed by atoms with E-state index in [1.54, 1.807) is 11.8 Å². The zero-order valence-corrected chi connectivity index (χ0v) is 14.4. The summed E-state index contributed by atoms with van der Waals surface area (Å²) in [6.07, 6.45) is 0.949. The summed E-state index contributed by atoms with van der Waals surface area (Å²) >= 11 is 0. The number of hydrogen-bond donors (Lipinski definition) is 1. The number of benzene rings is 1. The molecule has 6 nitrogen and oxygen atoms in total.